The first-order valence-corrected chi connectivity index (χ1v) is 8.23. The molecule has 0 bridgehead atoms. The van der Waals surface area contributed by atoms with Crippen LogP contribution in [-0.2, 0) is 0 Å². The highest BCUT2D eigenvalue weighted by Crippen LogP contribution is 2.32. The number of nitrogens with one attached hydrogen (secondary N) is 1. The fourth-order valence-electron chi connectivity index (χ4n) is 2.97. The molecule has 1 N–H and O–H groups in total. The SMILES string of the molecule is CCCNC(c1cc(C)c(F)cc1F)C(CCC)CCC. The van der Waals surface area contributed by atoms with Crippen LogP contribution in [0.2, 0.25) is 0 Å². The minimum atomic E-state index is -0.465. The van der Waals surface area contributed by atoms with Crippen LogP contribution in [-0.4, -0.2) is 6.54 Å². The molecule has 3 heteroatoms. The second-order valence-corrected chi connectivity index (χ2v) is 5.89. The molecule has 0 radical (unpaired) electrons. The van der Waals surface area contributed by atoms with Crippen LogP contribution >= 0.6 is 0 Å². The van der Waals surface area contributed by atoms with Crippen molar-refractivity contribution in [3.63, 3.8) is 0 Å². The van der Waals surface area contributed by atoms with Gasteiger partial charge in [0.25, 0.3) is 0 Å². The Bertz CT molecular complexity index is 425. The van der Waals surface area contributed by atoms with Gasteiger partial charge in [0.05, 0.1) is 0 Å². The Hall–Kier alpha value is -0.960. The maximum atomic E-state index is 14.3. The zero-order valence-corrected chi connectivity index (χ0v) is 13.8. The normalized spacial score (nSPS) is 12.9. The molecule has 1 aromatic carbocycles. The third kappa shape index (κ3) is 5.06. The molecule has 21 heavy (non-hydrogen) atoms. The van der Waals surface area contributed by atoms with Gasteiger partial charge in [0.15, 0.2) is 0 Å². The van der Waals surface area contributed by atoms with Crippen LogP contribution in [0.25, 0.3) is 0 Å². The Labute approximate surface area is 128 Å². The Morgan fingerprint density at radius 1 is 0.952 bits per heavy atom. The largest absolute Gasteiger partial charge is 0.310 e. The lowest BCUT2D eigenvalue weighted by Crippen LogP contribution is -2.30. The van der Waals surface area contributed by atoms with E-state index in [-0.39, 0.29) is 6.04 Å². The maximum absolute atomic E-state index is 14.3. The fraction of sp³-hybridized carbons (Fsp3) is 0.667. The van der Waals surface area contributed by atoms with E-state index in [9.17, 15) is 8.78 Å². The third-order valence-corrected chi connectivity index (χ3v) is 4.02. The van der Waals surface area contributed by atoms with E-state index in [4.69, 9.17) is 0 Å². The molecule has 1 unspecified atom stereocenters. The monoisotopic (exact) mass is 297 g/mol. The molecule has 1 rings (SSSR count). The standard InChI is InChI=1S/C18H29F2N/c1-5-8-14(9-6-2)18(21-10-7-3)15-11-13(4)16(19)12-17(15)20/h11-12,14,18,21H,5-10H2,1-4H3. The van der Waals surface area contributed by atoms with Gasteiger partial charge < -0.3 is 5.32 Å². The number of benzene rings is 1. The van der Waals surface area contributed by atoms with Crippen LogP contribution in [0.4, 0.5) is 8.78 Å². The maximum Gasteiger partial charge on any atom is 0.130 e. The van der Waals surface area contributed by atoms with Crippen molar-refractivity contribution in [2.75, 3.05) is 6.54 Å². The van der Waals surface area contributed by atoms with Gasteiger partial charge in [-0.3, -0.25) is 0 Å². The van der Waals surface area contributed by atoms with Crippen molar-refractivity contribution in [3.8, 4) is 0 Å². The predicted octanol–water partition coefficient (Wildman–Crippen LogP) is 5.53. The molecule has 1 aromatic rings. The zero-order valence-electron chi connectivity index (χ0n) is 13.8. The summed E-state index contributed by atoms with van der Waals surface area (Å²) in [6.45, 7) is 8.97. The first-order chi connectivity index (χ1) is 10.0. The van der Waals surface area contributed by atoms with Crippen molar-refractivity contribution in [2.24, 2.45) is 5.92 Å². The summed E-state index contributed by atoms with van der Waals surface area (Å²) in [6, 6.07) is 2.68. The van der Waals surface area contributed by atoms with E-state index in [1.165, 1.54) is 0 Å². The lowest BCUT2D eigenvalue weighted by Gasteiger charge is -2.29. The van der Waals surface area contributed by atoms with Crippen molar-refractivity contribution in [1.82, 2.24) is 5.32 Å². The molecule has 0 heterocycles. The van der Waals surface area contributed by atoms with E-state index < -0.39 is 11.6 Å². The van der Waals surface area contributed by atoms with Gasteiger partial charge in [0, 0.05) is 17.7 Å². The van der Waals surface area contributed by atoms with Gasteiger partial charge in [-0.1, -0.05) is 33.6 Å². The highest BCUT2D eigenvalue weighted by Gasteiger charge is 2.25. The van der Waals surface area contributed by atoms with E-state index in [1.54, 1.807) is 13.0 Å². The van der Waals surface area contributed by atoms with Gasteiger partial charge in [0.1, 0.15) is 11.6 Å². The predicted molar refractivity (Wildman–Crippen MR) is 85.4 cm³/mol. The molecule has 0 spiro atoms. The topological polar surface area (TPSA) is 12.0 Å². The lowest BCUT2D eigenvalue weighted by atomic mass is 9.85. The number of halogens is 2. The van der Waals surface area contributed by atoms with Crippen LogP contribution < -0.4 is 5.32 Å². The van der Waals surface area contributed by atoms with Gasteiger partial charge in [-0.25, -0.2) is 8.78 Å². The summed E-state index contributed by atoms with van der Waals surface area (Å²) >= 11 is 0. The summed E-state index contributed by atoms with van der Waals surface area (Å²) in [4.78, 5) is 0. The summed E-state index contributed by atoms with van der Waals surface area (Å²) in [5.41, 5.74) is 1.13. The minimum absolute atomic E-state index is 0.0239. The average Bonchev–Trinajstić information content (AvgIpc) is 2.44. The molecule has 1 nitrogen and oxygen atoms in total. The van der Waals surface area contributed by atoms with Gasteiger partial charge >= 0.3 is 0 Å². The number of rotatable bonds is 9. The van der Waals surface area contributed by atoms with Gasteiger partial charge in [-0.05, 0) is 50.3 Å². The van der Waals surface area contributed by atoms with Crippen LogP contribution in [0.5, 0.6) is 0 Å². The summed E-state index contributed by atoms with van der Waals surface area (Å²) in [7, 11) is 0. The molecule has 0 saturated carbocycles. The third-order valence-electron chi connectivity index (χ3n) is 4.02. The van der Waals surface area contributed by atoms with E-state index in [1.807, 2.05) is 0 Å². The first-order valence-electron chi connectivity index (χ1n) is 8.23. The van der Waals surface area contributed by atoms with Crippen molar-refractivity contribution < 1.29 is 8.78 Å². The van der Waals surface area contributed by atoms with Crippen LogP contribution in [0.1, 0.15) is 70.0 Å². The smallest absolute Gasteiger partial charge is 0.130 e. The van der Waals surface area contributed by atoms with Gasteiger partial charge in [-0.15, -0.1) is 0 Å². The fourth-order valence-corrected chi connectivity index (χ4v) is 2.97. The molecule has 0 amide bonds. The summed E-state index contributed by atoms with van der Waals surface area (Å²) in [5.74, 6) is -0.497. The molecule has 0 aliphatic rings. The minimum Gasteiger partial charge on any atom is -0.310 e. The van der Waals surface area contributed by atoms with Crippen molar-refractivity contribution in [1.29, 1.82) is 0 Å². The highest BCUT2D eigenvalue weighted by atomic mass is 19.1. The lowest BCUT2D eigenvalue weighted by molar-refractivity contribution is 0.308. The molecular weight excluding hydrogens is 268 g/mol. The van der Waals surface area contributed by atoms with E-state index in [0.29, 0.717) is 17.0 Å². The van der Waals surface area contributed by atoms with E-state index in [2.05, 4.69) is 26.1 Å². The number of hydrogen-bond donors (Lipinski definition) is 1. The highest BCUT2D eigenvalue weighted by molar-refractivity contribution is 5.28. The summed E-state index contributed by atoms with van der Waals surface area (Å²) in [5, 5.41) is 3.48. The Morgan fingerprint density at radius 2 is 1.57 bits per heavy atom. The number of aryl methyl sites for hydroxylation is 1. The number of hydrogen-bond acceptors (Lipinski definition) is 1. The molecule has 0 fully saturated rings. The van der Waals surface area contributed by atoms with Crippen molar-refractivity contribution in [2.45, 2.75) is 65.8 Å². The molecular formula is C18H29F2N. The van der Waals surface area contributed by atoms with Crippen molar-refractivity contribution >= 4 is 0 Å². The molecule has 120 valence electrons. The Kier molecular flexibility index (Phi) is 7.87. The molecule has 0 saturated heterocycles. The van der Waals surface area contributed by atoms with Crippen molar-refractivity contribution in [3.05, 3.63) is 34.9 Å². The van der Waals surface area contributed by atoms with Crippen LogP contribution in [0, 0.1) is 24.5 Å². The Balaban J connectivity index is 3.13. The second-order valence-electron chi connectivity index (χ2n) is 5.89. The Morgan fingerprint density at radius 3 is 2.10 bits per heavy atom. The molecule has 0 aliphatic carbocycles. The van der Waals surface area contributed by atoms with Gasteiger partial charge in [-0.2, -0.15) is 0 Å². The average molecular weight is 297 g/mol. The molecule has 1 atom stereocenters. The van der Waals surface area contributed by atoms with Crippen LogP contribution in [0.3, 0.4) is 0 Å². The van der Waals surface area contributed by atoms with E-state index in [0.717, 1.165) is 44.7 Å². The molecule has 0 aliphatic heterocycles. The van der Waals surface area contributed by atoms with Gasteiger partial charge in [0.2, 0.25) is 0 Å². The quantitative estimate of drug-likeness (QED) is 0.632. The molecule has 0 aromatic heterocycles. The second kappa shape index (κ2) is 9.14. The van der Waals surface area contributed by atoms with E-state index >= 15 is 0 Å². The summed E-state index contributed by atoms with van der Waals surface area (Å²) < 4.78 is 27.8. The zero-order chi connectivity index (χ0) is 15.8. The first kappa shape index (κ1) is 18.1. The summed E-state index contributed by atoms with van der Waals surface area (Å²) in [6.07, 6.45) is 5.28. The van der Waals surface area contributed by atoms with Crippen LogP contribution in [0.15, 0.2) is 12.1 Å².